The monoisotopic (exact) mass is 258 g/mol. The van der Waals surface area contributed by atoms with Crippen molar-refractivity contribution in [1.82, 2.24) is 0 Å². The van der Waals surface area contributed by atoms with Crippen molar-refractivity contribution in [2.75, 3.05) is 0 Å². The summed E-state index contributed by atoms with van der Waals surface area (Å²) in [4.78, 5) is 9.67. The molecule has 0 spiro atoms. The van der Waals surface area contributed by atoms with E-state index in [2.05, 4.69) is 0 Å². The van der Waals surface area contributed by atoms with Crippen LogP contribution in [0.15, 0.2) is 23.1 Å². The Hall–Kier alpha value is 0.0364. The second kappa shape index (κ2) is 5.39. The largest absolute Gasteiger partial charge is 1.00 e. The van der Waals surface area contributed by atoms with Crippen molar-refractivity contribution >= 4 is 16.1 Å². The van der Waals surface area contributed by atoms with E-state index in [1.165, 1.54) is 0 Å². The molecule has 1 aromatic rings. The van der Waals surface area contributed by atoms with Gasteiger partial charge in [-0.05, 0) is 18.2 Å². The van der Waals surface area contributed by atoms with Crippen molar-refractivity contribution in [3.05, 3.63) is 23.8 Å². The normalized spacial score (nSPS) is 10.5. The van der Waals surface area contributed by atoms with Crippen LogP contribution in [-0.2, 0) is 10.1 Å². The number of carbonyl (C=O) groups is 1. The Morgan fingerprint density at radius 1 is 1.33 bits per heavy atom. The van der Waals surface area contributed by atoms with Crippen LogP contribution in [0.3, 0.4) is 0 Å². The smallest absolute Gasteiger partial charge is 1.00 e. The van der Waals surface area contributed by atoms with E-state index in [0.717, 1.165) is 18.2 Å². The van der Waals surface area contributed by atoms with E-state index in [4.69, 9.17) is 14.8 Å². The van der Waals surface area contributed by atoms with Gasteiger partial charge in [-0.25, -0.2) is 4.79 Å². The Morgan fingerprint density at radius 2 is 1.87 bits per heavy atom. The molecule has 78 valence electrons. The summed E-state index contributed by atoms with van der Waals surface area (Å²) >= 11 is 0. The van der Waals surface area contributed by atoms with Crippen molar-refractivity contribution in [2.45, 2.75) is 4.90 Å². The SMILES string of the molecule is O=C(O)c1ccc(S(=O)(=O)O)c(O)c1.[H-].[K+]. The van der Waals surface area contributed by atoms with Gasteiger partial charge < -0.3 is 11.6 Å². The molecule has 0 heterocycles. The predicted molar refractivity (Wildman–Crippen MR) is 46.0 cm³/mol. The Kier molecular flexibility index (Phi) is 5.40. The average Bonchev–Trinajstić information content (AvgIpc) is 2.01. The molecule has 0 aliphatic carbocycles. The van der Waals surface area contributed by atoms with Gasteiger partial charge in [0.1, 0.15) is 10.6 Å². The van der Waals surface area contributed by atoms with Gasteiger partial charge in [-0.15, -0.1) is 0 Å². The summed E-state index contributed by atoms with van der Waals surface area (Å²) in [5, 5.41) is 17.6. The van der Waals surface area contributed by atoms with Crippen LogP contribution in [-0.4, -0.2) is 29.2 Å². The Labute approximate surface area is 130 Å². The van der Waals surface area contributed by atoms with Gasteiger partial charge in [0.05, 0.1) is 5.56 Å². The minimum Gasteiger partial charge on any atom is -1.00 e. The van der Waals surface area contributed by atoms with Crippen LogP contribution in [0.5, 0.6) is 5.75 Å². The second-order valence-corrected chi connectivity index (χ2v) is 3.85. The van der Waals surface area contributed by atoms with Crippen LogP contribution < -0.4 is 51.4 Å². The van der Waals surface area contributed by atoms with Gasteiger partial charge in [-0.1, -0.05) is 0 Å². The maximum absolute atomic E-state index is 10.6. The molecule has 8 heteroatoms. The summed E-state index contributed by atoms with van der Waals surface area (Å²) in [5.41, 5.74) is -0.269. The zero-order valence-electron chi connectivity index (χ0n) is 8.71. The molecule has 0 saturated heterocycles. The molecule has 6 nitrogen and oxygen atoms in total. The Bertz CT molecular complexity index is 486. The number of rotatable bonds is 2. The zero-order valence-corrected chi connectivity index (χ0v) is 11.6. The summed E-state index contributed by atoms with van der Waals surface area (Å²) in [5.74, 6) is -2.10. The molecule has 3 N–H and O–H groups in total. The molecule has 1 aromatic carbocycles. The van der Waals surface area contributed by atoms with Crippen LogP contribution >= 0.6 is 0 Å². The summed E-state index contributed by atoms with van der Waals surface area (Å²) in [6, 6.07) is 2.52. The van der Waals surface area contributed by atoms with Crippen molar-refractivity contribution < 1.29 is 80.8 Å². The first-order valence-corrected chi connectivity index (χ1v) is 4.80. The maximum Gasteiger partial charge on any atom is 1.00 e. The van der Waals surface area contributed by atoms with Crippen LogP contribution in [0, 0.1) is 0 Å². The van der Waals surface area contributed by atoms with Crippen LogP contribution in [0.2, 0.25) is 0 Å². The second-order valence-electron chi connectivity index (χ2n) is 2.46. The molecule has 0 bridgehead atoms. The number of aromatic hydroxyl groups is 1. The first kappa shape index (κ1) is 15.0. The molecule has 1 rings (SSSR count). The number of aromatic carboxylic acids is 1. The number of benzene rings is 1. The van der Waals surface area contributed by atoms with E-state index in [9.17, 15) is 13.2 Å². The van der Waals surface area contributed by atoms with Crippen LogP contribution in [0.4, 0.5) is 0 Å². The predicted octanol–water partition coefficient (Wildman–Crippen LogP) is -2.55. The maximum atomic E-state index is 10.6. The molecule has 0 saturated carbocycles. The van der Waals surface area contributed by atoms with E-state index in [0.29, 0.717) is 0 Å². The van der Waals surface area contributed by atoms with Gasteiger partial charge in [0.15, 0.2) is 0 Å². The fourth-order valence-electron chi connectivity index (χ4n) is 0.869. The van der Waals surface area contributed by atoms with Gasteiger partial charge in [-0.2, -0.15) is 8.42 Å². The average molecular weight is 258 g/mol. The summed E-state index contributed by atoms with van der Waals surface area (Å²) < 4.78 is 29.7. The summed E-state index contributed by atoms with van der Waals surface area (Å²) in [7, 11) is -4.52. The fourth-order valence-corrected chi connectivity index (χ4v) is 1.43. The third kappa shape index (κ3) is 3.83. The fraction of sp³-hybridized carbons (Fsp3) is 0. The van der Waals surface area contributed by atoms with E-state index in [-0.39, 0.29) is 58.4 Å². The Balaban J connectivity index is 0. The molecule has 0 atom stereocenters. The van der Waals surface area contributed by atoms with E-state index >= 15 is 0 Å². The number of carboxylic acids is 1. The van der Waals surface area contributed by atoms with Crippen LogP contribution in [0.1, 0.15) is 11.8 Å². The number of carboxylic acid groups (broad SMARTS) is 1. The van der Waals surface area contributed by atoms with Gasteiger partial charge >= 0.3 is 57.4 Å². The number of phenols is 1. The number of phenolic OH excluding ortho intramolecular Hbond substituents is 1. The van der Waals surface area contributed by atoms with Gasteiger partial charge in [0.25, 0.3) is 10.1 Å². The molecule has 0 amide bonds. The van der Waals surface area contributed by atoms with Gasteiger partial charge in [0.2, 0.25) is 0 Å². The molecule has 15 heavy (non-hydrogen) atoms. The van der Waals surface area contributed by atoms with Crippen LogP contribution in [0.25, 0.3) is 0 Å². The minimum absolute atomic E-state index is 0. The number of hydrogen-bond acceptors (Lipinski definition) is 4. The summed E-state index contributed by atoms with van der Waals surface area (Å²) in [6.07, 6.45) is 0. The van der Waals surface area contributed by atoms with Crippen molar-refractivity contribution in [2.24, 2.45) is 0 Å². The molecule has 0 unspecified atom stereocenters. The summed E-state index contributed by atoms with van der Waals surface area (Å²) in [6.45, 7) is 0. The molecule has 0 aromatic heterocycles. The van der Waals surface area contributed by atoms with E-state index in [1.807, 2.05) is 0 Å². The van der Waals surface area contributed by atoms with Gasteiger partial charge in [-0.3, -0.25) is 4.55 Å². The van der Waals surface area contributed by atoms with E-state index in [1.54, 1.807) is 0 Å². The molecular weight excluding hydrogens is 251 g/mol. The third-order valence-corrected chi connectivity index (χ3v) is 2.38. The molecule has 0 radical (unpaired) electrons. The minimum atomic E-state index is -4.52. The first-order valence-electron chi connectivity index (χ1n) is 3.36. The molecule has 0 aliphatic rings. The van der Waals surface area contributed by atoms with Crippen molar-refractivity contribution in [3.63, 3.8) is 0 Å². The number of hydrogen-bond donors (Lipinski definition) is 3. The van der Waals surface area contributed by atoms with E-state index < -0.39 is 26.7 Å². The quantitative estimate of drug-likeness (QED) is 0.398. The Morgan fingerprint density at radius 3 is 2.20 bits per heavy atom. The topological polar surface area (TPSA) is 112 Å². The van der Waals surface area contributed by atoms with Crippen molar-refractivity contribution in [1.29, 1.82) is 0 Å². The zero-order chi connectivity index (χ0) is 10.9. The molecular formula is C7H7KO6S. The standard InChI is InChI=1S/C7H6O6S.K.H/c8-5-3-4(7(9)10)1-2-6(5)14(11,12)13;;/h1-3,8H,(H,9,10)(H,11,12,13);;/q;+1;-1. The van der Waals surface area contributed by atoms with Crippen molar-refractivity contribution in [3.8, 4) is 5.75 Å². The van der Waals surface area contributed by atoms with Gasteiger partial charge in [0, 0.05) is 0 Å². The molecule has 0 aliphatic heterocycles. The first-order chi connectivity index (χ1) is 6.32. The third-order valence-electron chi connectivity index (χ3n) is 1.48. The molecule has 0 fully saturated rings.